The maximum Gasteiger partial charge on any atom is 0.441 e. The third-order valence-electron chi connectivity index (χ3n) is 3.65. The third kappa shape index (κ3) is 2.98. The Labute approximate surface area is 113 Å². The Hall–Kier alpha value is -0.920. The van der Waals surface area contributed by atoms with Crippen LogP contribution in [0.15, 0.2) is 0 Å². The second-order valence-electron chi connectivity index (χ2n) is 4.76. The van der Waals surface area contributed by atoms with E-state index in [0.717, 1.165) is 12.8 Å². The SMILES string of the molecule is O=C1CNC(=O)C2(CCCC2)N1CCSC(F)(F)F. The number of nitrogens with zero attached hydrogens (tertiary/aromatic N) is 1. The molecule has 2 amide bonds. The van der Waals surface area contributed by atoms with E-state index in [1.807, 2.05) is 0 Å². The van der Waals surface area contributed by atoms with Gasteiger partial charge in [0.15, 0.2) is 0 Å². The van der Waals surface area contributed by atoms with Gasteiger partial charge in [0.1, 0.15) is 5.54 Å². The van der Waals surface area contributed by atoms with Gasteiger partial charge in [-0.25, -0.2) is 0 Å². The van der Waals surface area contributed by atoms with Crippen molar-refractivity contribution in [2.45, 2.75) is 36.7 Å². The van der Waals surface area contributed by atoms with Gasteiger partial charge in [-0.05, 0) is 24.6 Å². The zero-order valence-corrected chi connectivity index (χ0v) is 11.1. The highest BCUT2D eigenvalue weighted by Gasteiger charge is 2.50. The van der Waals surface area contributed by atoms with Crippen molar-refractivity contribution < 1.29 is 22.8 Å². The van der Waals surface area contributed by atoms with Gasteiger partial charge in [0.05, 0.1) is 6.54 Å². The lowest BCUT2D eigenvalue weighted by molar-refractivity contribution is -0.153. The molecule has 0 unspecified atom stereocenters. The molecule has 2 fully saturated rings. The van der Waals surface area contributed by atoms with Crippen molar-refractivity contribution in [3.05, 3.63) is 0 Å². The van der Waals surface area contributed by atoms with Gasteiger partial charge in [0, 0.05) is 12.3 Å². The van der Waals surface area contributed by atoms with Crippen LogP contribution < -0.4 is 5.32 Å². The van der Waals surface area contributed by atoms with E-state index in [0.29, 0.717) is 12.8 Å². The van der Waals surface area contributed by atoms with Gasteiger partial charge < -0.3 is 10.2 Å². The van der Waals surface area contributed by atoms with Crippen LogP contribution in [0.25, 0.3) is 0 Å². The van der Waals surface area contributed by atoms with Crippen LogP contribution in [0.2, 0.25) is 0 Å². The molecule has 0 aromatic heterocycles. The first-order valence-electron chi connectivity index (χ1n) is 6.15. The highest BCUT2D eigenvalue weighted by atomic mass is 32.2. The fraction of sp³-hybridized carbons (Fsp3) is 0.818. The molecule has 0 atom stereocenters. The summed E-state index contributed by atoms with van der Waals surface area (Å²) >= 11 is -0.153. The molecule has 2 rings (SSSR count). The third-order valence-corrected chi connectivity index (χ3v) is 4.37. The van der Waals surface area contributed by atoms with E-state index in [1.54, 1.807) is 0 Å². The lowest BCUT2D eigenvalue weighted by atomic mass is 9.91. The van der Waals surface area contributed by atoms with E-state index in [2.05, 4.69) is 5.32 Å². The average molecular weight is 296 g/mol. The molecule has 19 heavy (non-hydrogen) atoms. The van der Waals surface area contributed by atoms with Crippen LogP contribution in [0.4, 0.5) is 13.2 Å². The maximum absolute atomic E-state index is 12.1. The Bertz CT molecular complexity index is 381. The Kier molecular flexibility index (Phi) is 3.98. The molecule has 0 aromatic rings. The standard InChI is InChI=1S/C11H15F3N2O2S/c12-11(13,14)19-6-5-16-8(17)7-15-9(18)10(16)3-1-2-4-10/h1-7H2,(H,15,18). The topological polar surface area (TPSA) is 49.4 Å². The molecule has 1 aliphatic heterocycles. The van der Waals surface area contributed by atoms with Crippen molar-refractivity contribution in [1.29, 1.82) is 0 Å². The summed E-state index contributed by atoms with van der Waals surface area (Å²) in [5.74, 6) is -0.740. The average Bonchev–Trinajstić information content (AvgIpc) is 2.78. The number of halogens is 3. The number of carbonyl (C=O) groups is 2. The summed E-state index contributed by atoms with van der Waals surface area (Å²) in [6.45, 7) is -0.145. The number of rotatable bonds is 3. The minimum absolute atomic E-state index is 0.0313. The molecule has 4 nitrogen and oxygen atoms in total. The molecule has 8 heteroatoms. The number of hydrogen-bond acceptors (Lipinski definition) is 3. The van der Waals surface area contributed by atoms with E-state index >= 15 is 0 Å². The summed E-state index contributed by atoms with van der Waals surface area (Å²) in [6.07, 6.45) is 2.73. The first-order valence-corrected chi connectivity index (χ1v) is 7.13. The predicted octanol–water partition coefficient (Wildman–Crippen LogP) is 1.51. The van der Waals surface area contributed by atoms with E-state index in [4.69, 9.17) is 0 Å². The lowest BCUT2D eigenvalue weighted by Gasteiger charge is -2.43. The zero-order valence-electron chi connectivity index (χ0n) is 10.3. The van der Waals surface area contributed by atoms with Gasteiger partial charge in [-0.2, -0.15) is 13.2 Å². The van der Waals surface area contributed by atoms with Gasteiger partial charge in [-0.1, -0.05) is 12.8 Å². The molecule has 1 saturated heterocycles. The molecule has 0 radical (unpaired) electrons. The van der Waals surface area contributed by atoms with Crippen LogP contribution in [0.1, 0.15) is 25.7 Å². The molecule has 108 valence electrons. The molecule has 1 aliphatic carbocycles. The van der Waals surface area contributed by atoms with Crippen molar-refractivity contribution >= 4 is 23.6 Å². The van der Waals surface area contributed by atoms with Crippen molar-refractivity contribution in [3.63, 3.8) is 0 Å². The number of alkyl halides is 3. The van der Waals surface area contributed by atoms with Crippen LogP contribution in [0.3, 0.4) is 0 Å². The van der Waals surface area contributed by atoms with Crippen molar-refractivity contribution in [3.8, 4) is 0 Å². The Morgan fingerprint density at radius 2 is 1.89 bits per heavy atom. The van der Waals surface area contributed by atoms with Gasteiger partial charge in [0.2, 0.25) is 11.8 Å². The molecular weight excluding hydrogens is 281 g/mol. The fourth-order valence-corrected chi connectivity index (χ4v) is 3.33. The lowest BCUT2D eigenvalue weighted by Crippen LogP contribution is -2.66. The van der Waals surface area contributed by atoms with Crippen LogP contribution in [-0.2, 0) is 9.59 Å². The quantitative estimate of drug-likeness (QED) is 0.859. The number of hydrogen-bond donors (Lipinski definition) is 1. The smallest absolute Gasteiger partial charge is 0.345 e. The molecule has 0 aromatic carbocycles. The van der Waals surface area contributed by atoms with Gasteiger partial charge >= 0.3 is 5.51 Å². The zero-order chi connectivity index (χ0) is 14.1. The second kappa shape index (κ2) is 5.22. The van der Waals surface area contributed by atoms with E-state index in [-0.39, 0.29) is 42.4 Å². The summed E-state index contributed by atoms with van der Waals surface area (Å²) in [4.78, 5) is 25.2. The second-order valence-corrected chi connectivity index (χ2v) is 5.92. The van der Waals surface area contributed by atoms with E-state index in [9.17, 15) is 22.8 Å². The fourth-order valence-electron chi connectivity index (χ4n) is 2.83. The van der Waals surface area contributed by atoms with Crippen LogP contribution in [-0.4, -0.2) is 46.6 Å². The minimum atomic E-state index is -4.30. The van der Waals surface area contributed by atoms with Crippen LogP contribution in [0.5, 0.6) is 0 Å². The first-order chi connectivity index (χ1) is 8.85. The monoisotopic (exact) mass is 296 g/mol. The predicted molar refractivity (Wildman–Crippen MR) is 64.4 cm³/mol. The Morgan fingerprint density at radius 3 is 2.47 bits per heavy atom. The van der Waals surface area contributed by atoms with Crippen molar-refractivity contribution in [2.24, 2.45) is 0 Å². The number of carbonyl (C=O) groups excluding carboxylic acids is 2. The summed E-state index contributed by atoms with van der Waals surface area (Å²) in [5, 5.41) is 2.54. The van der Waals surface area contributed by atoms with Crippen molar-refractivity contribution in [2.75, 3.05) is 18.8 Å². The van der Waals surface area contributed by atoms with Crippen LogP contribution in [0, 0.1) is 0 Å². The van der Waals surface area contributed by atoms with E-state index in [1.165, 1.54) is 4.90 Å². The number of amides is 2. The molecular formula is C11H15F3N2O2S. The summed E-state index contributed by atoms with van der Waals surface area (Å²) in [6, 6.07) is 0. The largest absolute Gasteiger partial charge is 0.441 e. The Morgan fingerprint density at radius 1 is 1.26 bits per heavy atom. The maximum atomic E-state index is 12.1. The number of nitrogens with one attached hydrogen (secondary N) is 1. The molecule has 1 spiro atoms. The molecule has 1 heterocycles. The highest BCUT2D eigenvalue weighted by Crippen LogP contribution is 2.38. The van der Waals surface area contributed by atoms with Gasteiger partial charge in [-0.3, -0.25) is 9.59 Å². The van der Waals surface area contributed by atoms with Crippen LogP contribution >= 0.6 is 11.8 Å². The van der Waals surface area contributed by atoms with Gasteiger partial charge in [0.25, 0.3) is 0 Å². The molecule has 1 N–H and O–H groups in total. The molecule has 1 saturated carbocycles. The Balaban J connectivity index is 2.05. The summed E-state index contributed by atoms with van der Waals surface area (Å²) in [7, 11) is 0. The highest BCUT2D eigenvalue weighted by molar-refractivity contribution is 8.00. The first kappa shape index (κ1) is 14.5. The minimum Gasteiger partial charge on any atom is -0.345 e. The summed E-state index contributed by atoms with van der Waals surface area (Å²) in [5.41, 5.74) is -5.20. The summed E-state index contributed by atoms with van der Waals surface area (Å²) < 4.78 is 36.4. The number of thioether (sulfide) groups is 1. The van der Waals surface area contributed by atoms with Crippen molar-refractivity contribution in [1.82, 2.24) is 10.2 Å². The number of piperazine rings is 1. The van der Waals surface area contributed by atoms with Gasteiger partial charge in [-0.15, -0.1) is 0 Å². The molecule has 0 bridgehead atoms. The normalized spacial score (nSPS) is 23.0. The van der Waals surface area contributed by atoms with E-state index < -0.39 is 11.0 Å². The molecule has 2 aliphatic rings.